The third-order valence-corrected chi connectivity index (χ3v) is 5.71. The van der Waals surface area contributed by atoms with E-state index in [-0.39, 0.29) is 10.4 Å². The zero-order valence-corrected chi connectivity index (χ0v) is 16.7. The molecule has 3 aromatic rings. The van der Waals surface area contributed by atoms with Crippen molar-refractivity contribution in [1.29, 1.82) is 0 Å². The number of rotatable bonds is 6. The molecule has 0 fully saturated rings. The molecule has 1 aromatic heterocycles. The molecule has 0 aliphatic heterocycles. The van der Waals surface area contributed by atoms with E-state index < -0.39 is 22.5 Å². The van der Waals surface area contributed by atoms with Crippen LogP contribution in [0.2, 0.25) is 0 Å². The number of methoxy groups -OCH3 is 1. The van der Waals surface area contributed by atoms with E-state index in [4.69, 9.17) is 4.74 Å². The first-order valence-corrected chi connectivity index (χ1v) is 10.1. The van der Waals surface area contributed by atoms with Crippen LogP contribution in [0, 0.1) is 0 Å². The van der Waals surface area contributed by atoms with Gasteiger partial charge in [0, 0.05) is 21.7 Å². The average molecular weight is 450 g/mol. The zero-order chi connectivity index (χ0) is 19.4. The highest BCUT2D eigenvalue weighted by atomic mass is 79.9. The highest BCUT2D eigenvalue weighted by Crippen LogP contribution is 2.29. The Morgan fingerprint density at radius 1 is 1.15 bits per heavy atom. The molecule has 2 N–H and O–H groups in total. The second-order valence-corrected chi connectivity index (χ2v) is 8.20. The maximum atomic E-state index is 12.7. The Morgan fingerprint density at radius 2 is 1.89 bits per heavy atom. The highest BCUT2D eigenvalue weighted by molar-refractivity contribution is 9.10. The first kappa shape index (κ1) is 19.3. The normalized spacial score (nSPS) is 11.3. The van der Waals surface area contributed by atoms with Crippen LogP contribution in [0.25, 0.3) is 10.9 Å². The van der Waals surface area contributed by atoms with Crippen molar-refractivity contribution >= 4 is 48.5 Å². The number of anilines is 1. The third kappa shape index (κ3) is 4.44. The lowest BCUT2D eigenvalue weighted by molar-refractivity contribution is -0.115. The van der Waals surface area contributed by atoms with E-state index in [1.807, 2.05) is 0 Å². The van der Waals surface area contributed by atoms with Crippen LogP contribution in [0.15, 0.2) is 64.1 Å². The molecule has 140 valence electrons. The fraction of sp³-hybridized carbons (Fsp3) is 0.111. The standard InChI is InChI=1S/C18H16BrN3O4S/c1-26-15-8-9-16(18-14(15)3-2-10-20-18)27(24,25)21-11-17(23)22-13-6-4-12(19)5-7-13/h2-10,21H,11H2,1H3,(H,22,23). The summed E-state index contributed by atoms with van der Waals surface area (Å²) in [6.45, 7) is -0.404. The van der Waals surface area contributed by atoms with Crippen molar-refractivity contribution in [3.63, 3.8) is 0 Å². The summed E-state index contributed by atoms with van der Waals surface area (Å²) < 4.78 is 33.8. The van der Waals surface area contributed by atoms with Crippen molar-refractivity contribution in [2.24, 2.45) is 0 Å². The summed E-state index contributed by atoms with van der Waals surface area (Å²) in [6.07, 6.45) is 1.50. The van der Waals surface area contributed by atoms with Gasteiger partial charge in [-0.1, -0.05) is 15.9 Å². The van der Waals surface area contributed by atoms with Crippen LogP contribution in [0.5, 0.6) is 5.75 Å². The molecule has 0 saturated heterocycles. The molecule has 0 aliphatic carbocycles. The Hall–Kier alpha value is -2.49. The first-order valence-electron chi connectivity index (χ1n) is 7.87. The molecular formula is C18H16BrN3O4S. The summed E-state index contributed by atoms with van der Waals surface area (Å²) in [5.74, 6) is 0.0386. The van der Waals surface area contributed by atoms with Crippen molar-refractivity contribution in [1.82, 2.24) is 9.71 Å². The molecule has 1 amide bonds. The van der Waals surface area contributed by atoms with Crippen LogP contribution < -0.4 is 14.8 Å². The fourth-order valence-electron chi connectivity index (χ4n) is 2.49. The number of ether oxygens (including phenoxy) is 1. The van der Waals surface area contributed by atoms with Gasteiger partial charge in [-0.2, -0.15) is 0 Å². The predicted octanol–water partition coefficient (Wildman–Crippen LogP) is 2.92. The van der Waals surface area contributed by atoms with Crippen molar-refractivity contribution in [2.45, 2.75) is 4.90 Å². The van der Waals surface area contributed by atoms with E-state index in [0.717, 1.165) is 4.47 Å². The number of nitrogens with zero attached hydrogens (tertiary/aromatic N) is 1. The smallest absolute Gasteiger partial charge is 0.243 e. The molecule has 2 aromatic carbocycles. The molecule has 7 nitrogen and oxygen atoms in total. The fourth-order valence-corrected chi connectivity index (χ4v) is 3.90. The molecule has 9 heteroatoms. The van der Waals surface area contributed by atoms with Gasteiger partial charge in [0.1, 0.15) is 10.6 Å². The molecule has 27 heavy (non-hydrogen) atoms. The summed E-state index contributed by atoms with van der Waals surface area (Å²) >= 11 is 3.31. The minimum absolute atomic E-state index is 0.0182. The van der Waals surface area contributed by atoms with E-state index in [1.165, 1.54) is 19.4 Å². The number of hydrogen-bond acceptors (Lipinski definition) is 5. The summed E-state index contributed by atoms with van der Waals surface area (Å²) in [5.41, 5.74) is 0.844. The Morgan fingerprint density at radius 3 is 2.59 bits per heavy atom. The van der Waals surface area contributed by atoms with Crippen LogP contribution in [0.4, 0.5) is 5.69 Å². The molecule has 0 radical (unpaired) electrons. The van der Waals surface area contributed by atoms with E-state index in [2.05, 4.69) is 31.0 Å². The minimum Gasteiger partial charge on any atom is -0.496 e. The lowest BCUT2D eigenvalue weighted by Gasteiger charge is -2.11. The molecule has 3 rings (SSSR count). The van der Waals surface area contributed by atoms with Crippen molar-refractivity contribution < 1.29 is 17.9 Å². The first-order chi connectivity index (χ1) is 12.9. The zero-order valence-electron chi connectivity index (χ0n) is 14.3. The molecule has 0 atom stereocenters. The SMILES string of the molecule is COc1ccc(S(=O)(=O)NCC(=O)Nc2ccc(Br)cc2)c2ncccc12. The third-order valence-electron chi connectivity index (χ3n) is 3.75. The summed E-state index contributed by atoms with van der Waals surface area (Å²) in [6, 6.07) is 13.3. The number of carbonyl (C=O) groups is 1. The molecule has 1 heterocycles. The Kier molecular flexibility index (Phi) is 5.73. The number of carbonyl (C=O) groups excluding carboxylic acids is 1. The largest absolute Gasteiger partial charge is 0.496 e. The number of pyridine rings is 1. The quantitative estimate of drug-likeness (QED) is 0.602. The number of fused-ring (bicyclic) bond motifs is 1. The average Bonchev–Trinajstić information content (AvgIpc) is 2.67. The molecule has 0 unspecified atom stereocenters. The van der Waals surface area contributed by atoms with Crippen molar-refractivity contribution in [3.05, 3.63) is 59.2 Å². The van der Waals surface area contributed by atoms with Gasteiger partial charge in [-0.15, -0.1) is 0 Å². The summed E-state index contributed by atoms with van der Waals surface area (Å²) in [7, 11) is -2.44. The predicted molar refractivity (Wildman–Crippen MR) is 106 cm³/mol. The van der Waals surface area contributed by atoms with Crippen LogP contribution in [0.1, 0.15) is 0 Å². The van der Waals surface area contributed by atoms with Gasteiger partial charge in [0.05, 0.1) is 19.2 Å². The maximum absolute atomic E-state index is 12.7. The number of amides is 1. The maximum Gasteiger partial charge on any atom is 0.243 e. The highest BCUT2D eigenvalue weighted by Gasteiger charge is 2.21. The van der Waals surface area contributed by atoms with E-state index >= 15 is 0 Å². The minimum atomic E-state index is -3.94. The summed E-state index contributed by atoms with van der Waals surface area (Å²) in [5, 5.41) is 3.20. The lowest BCUT2D eigenvalue weighted by atomic mass is 10.2. The number of aromatic nitrogens is 1. The van der Waals surface area contributed by atoms with Crippen LogP contribution in [-0.2, 0) is 14.8 Å². The molecule has 0 spiro atoms. The van der Waals surface area contributed by atoms with Crippen molar-refractivity contribution in [2.75, 3.05) is 19.0 Å². The number of nitrogens with one attached hydrogen (secondary N) is 2. The Balaban J connectivity index is 1.78. The van der Waals surface area contributed by atoms with Gasteiger partial charge in [0.25, 0.3) is 0 Å². The Bertz CT molecular complexity index is 1090. The van der Waals surface area contributed by atoms with Gasteiger partial charge in [-0.3, -0.25) is 9.78 Å². The van der Waals surface area contributed by atoms with Crippen LogP contribution in [-0.4, -0.2) is 33.0 Å². The van der Waals surface area contributed by atoms with Gasteiger partial charge >= 0.3 is 0 Å². The van der Waals surface area contributed by atoms with Gasteiger partial charge in [0.15, 0.2) is 0 Å². The number of halogens is 1. The monoisotopic (exact) mass is 449 g/mol. The van der Waals surface area contributed by atoms with Crippen LogP contribution in [0.3, 0.4) is 0 Å². The van der Waals surface area contributed by atoms with E-state index in [1.54, 1.807) is 42.5 Å². The molecule has 0 bridgehead atoms. The number of benzene rings is 2. The molecular weight excluding hydrogens is 434 g/mol. The van der Waals surface area contributed by atoms with Gasteiger partial charge in [0.2, 0.25) is 15.9 Å². The second-order valence-electron chi connectivity index (χ2n) is 5.55. The second kappa shape index (κ2) is 8.03. The lowest BCUT2D eigenvalue weighted by Crippen LogP contribution is -2.33. The van der Waals surface area contributed by atoms with Crippen LogP contribution >= 0.6 is 15.9 Å². The van der Waals surface area contributed by atoms with E-state index in [0.29, 0.717) is 16.8 Å². The Labute approximate surface area is 164 Å². The van der Waals surface area contributed by atoms with E-state index in [9.17, 15) is 13.2 Å². The van der Waals surface area contributed by atoms with Crippen molar-refractivity contribution in [3.8, 4) is 5.75 Å². The molecule has 0 aliphatic rings. The van der Waals surface area contributed by atoms with Gasteiger partial charge < -0.3 is 10.1 Å². The molecule has 0 saturated carbocycles. The summed E-state index contributed by atoms with van der Waals surface area (Å²) in [4.78, 5) is 16.2. The van der Waals surface area contributed by atoms with Gasteiger partial charge in [-0.05, 0) is 48.5 Å². The number of hydrogen-bond donors (Lipinski definition) is 2. The van der Waals surface area contributed by atoms with Gasteiger partial charge in [-0.25, -0.2) is 13.1 Å². The number of sulfonamides is 1. The topological polar surface area (TPSA) is 97.4 Å².